The molecule has 0 saturated carbocycles. The molecule has 1 N–H and O–H groups in total. The van der Waals surface area contributed by atoms with Crippen molar-refractivity contribution in [3.8, 4) is 5.75 Å². The minimum atomic E-state index is -0.627. The first-order valence-electron chi connectivity index (χ1n) is 12.3. The Morgan fingerprint density at radius 3 is 2.57 bits per heavy atom. The van der Waals surface area contributed by atoms with Gasteiger partial charge in [0.1, 0.15) is 11.5 Å². The van der Waals surface area contributed by atoms with Crippen LogP contribution in [0.3, 0.4) is 0 Å². The van der Waals surface area contributed by atoms with Crippen LogP contribution in [-0.4, -0.2) is 29.4 Å². The van der Waals surface area contributed by atoms with Crippen LogP contribution in [0.2, 0.25) is 0 Å². The van der Waals surface area contributed by atoms with E-state index in [0.717, 1.165) is 17.5 Å². The topological polar surface area (TPSA) is 71.8 Å². The summed E-state index contributed by atoms with van der Waals surface area (Å²) in [5.74, 6) is 1.17. The summed E-state index contributed by atoms with van der Waals surface area (Å²) >= 11 is 0. The fourth-order valence-corrected chi connectivity index (χ4v) is 4.53. The molecule has 6 heteroatoms. The molecule has 2 atom stereocenters. The summed E-state index contributed by atoms with van der Waals surface area (Å²) in [6, 6.07) is 17.8. The lowest BCUT2D eigenvalue weighted by Crippen LogP contribution is -2.42. The zero-order valence-corrected chi connectivity index (χ0v) is 20.9. The second kappa shape index (κ2) is 10.8. The molecule has 0 spiro atoms. The van der Waals surface area contributed by atoms with Crippen molar-refractivity contribution in [1.29, 1.82) is 0 Å². The minimum absolute atomic E-state index is 0.0914. The van der Waals surface area contributed by atoms with Gasteiger partial charge in [-0.25, -0.2) is 0 Å². The molecular formula is C29H34N2O4. The normalized spacial score (nSPS) is 16.0. The van der Waals surface area contributed by atoms with Gasteiger partial charge in [0, 0.05) is 12.5 Å². The van der Waals surface area contributed by atoms with Crippen molar-refractivity contribution in [1.82, 2.24) is 10.2 Å². The maximum absolute atomic E-state index is 13.2. The van der Waals surface area contributed by atoms with Crippen LogP contribution in [0.4, 0.5) is 0 Å². The highest BCUT2D eigenvalue weighted by atomic mass is 16.5. The monoisotopic (exact) mass is 474 g/mol. The van der Waals surface area contributed by atoms with Gasteiger partial charge in [0.25, 0.3) is 5.91 Å². The number of aryl methyl sites for hydroxylation is 1. The van der Waals surface area contributed by atoms with E-state index in [9.17, 15) is 9.59 Å². The number of carbonyl (C=O) groups excluding carboxylic acids is 2. The van der Waals surface area contributed by atoms with Crippen LogP contribution in [0.1, 0.15) is 61.2 Å². The Hall–Kier alpha value is -3.54. The highest BCUT2D eigenvalue weighted by molar-refractivity contribution is 5.81. The third-order valence-corrected chi connectivity index (χ3v) is 6.47. The van der Waals surface area contributed by atoms with Gasteiger partial charge >= 0.3 is 0 Å². The Bertz CT molecular complexity index is 1150. The minimum Gasteiger partial charge on any atom is -0.481 e. The highest BCUT2D eigenvalue weighted by Gasteiger charge is 2.33. The number of rotatable bonds is 8. The van der Waals surface area contributed by atoms with Crippen LogP contribution >= 0.6 is 0 Å². The Morgan fingerprint density at radius 1 is 1.14 bits per heavy atom. The van der Waals surface area contributed by atoms with Crippen molar-refractivity contribution in [2.75, 3.05) is 6.54 Å². The van der Waals surface area contributed by atoms with Crippen molar-refractivity contribution in [2.45, 2.75) is 59.2 Å². The van der Waals surface area contributed by atoms with Crippen LogP contribution in [0.25, 0.3) is 0 Å². The molecule has 1 aliphatic heterocycles. The third kappa shape index (κ3) is 5.59. The molecule has 0 fully saturated rings. The number of fused-ring (bicyclic) bond motifs is 1. The molecule has 2 aromatic carbocycles. The summed E-state index contributed by atoms with van der Waals surface area (Å²) < 4.78 is 11.5. The Morgan fingerprint density at radius 2 is 1.91 bits per heavy atom. The van der Waals surface area contributed by atoms with E-state index in [-0.39, 0.29) is 23.8 Å². The molecule has 0 saturated heterocycles. The SMILES string of the molecule is CC[C@@H](Oc1ccc2c(c1)[C@@H](c1ccc(C)cc1)N(C(=O)C(C)C)CC2)C(=O)NCc1ccco1. The number of benzene rings is 2. The molecule has 0 bridgehead atoms. The number of carbonyl (C=O) groups is 2. The molecule has 6 nitrogen and oxygen atoms in total. The van der Waals surface area contributed by atoms with Gasteiger partial charge in [-0.05, 0) is 60.7 Å². The quantitative estimate of drug-likeness (QED) is 0.488. The number of hydrogen-bond acceptors (Lipinski definition) is 4. The summed E-state index contributed by atoms with van der Waals surface area (Å²) in [4.78, 5) is 27.9. The van der Waals surface area contributed by atoms with Gasteiger partial charge in [-0.1, -0.05) is 56.7 Å². The lowest BCUT2D eigenvalue weighted by atomic mass is 9.87. The van der Waals surface area contributed by atoms with E-state index in [2.05, 4.69) is 42.6 Å². The first kappa shape index (κ1) is 24.6. The van der Waals surface area contributed by atoms with Gasteiger partial charge in [0.15, 0.2) is 6.10 Å². The number of hydrogen-bond donors (Lipinski definition) is 1. The predicted molar refractivity (Wildman–Crippen MR) is 135 cm³/mol. The second-order valence-electron chi connectivity index (χ2n) is 9.42. The average Bonchev–Trinajstić information content (AvgIpc) is 3.39. The van der Waals surface area contributed by atoms with Crippen molar-refractivity contribution < 1.29 is 18.7 Å². The largest absolute Gasteiger partial charge is 0.481 e. The van der Waals surface area contributed by atoms with Crippen molar-refractivity contribution >= 4 is 11.8 Å². The Kier molecular flexibility index (Phi) is 7.59. The summed E-state index contributed by atoms with van der Waals surface area (Å²) in [6.07, 6.45) is 2.27. The van der Waals surface area contributed by atoms with Crippen molar-refractivity contribution in [3.05, 3.63) is 88.9 Å². The first-order chi connectivity index (χ1) is 16.9. The first-order valence-corrected chi connectivity index (χ1v) is 12.3. The molecule has 184 valence electrons. The standard InChI is InChI=1S/C29H34N2O4/c1-5-26(28(32)30-18-24-7-6-16-34-24)35-23-13-12-21-14-15-31(29(33)19(2)3)27(25(21)17-23)22-10-8-20(4)9-11-22/h6-13,16-17,19,26-27H,5,14-15,18H2,1-4H3,(H,30,32)/t26-,27-/m1/s1. The molecule has 0 aliphatic carbocycles. The third-order valence-electron chi connectivity index (χ3n) is 6.47. The number of furan rings is 1. The fraction of sp³-hybridized carbons (Fsp3) is 0.379. The van der Waals surface area contributed by atoms with Crippen LogP contribution in [0, 0.1) is 12.8 Å². The van der Waals surface area contributed by atoms with Crippen LogP contribution in [0.15, 0.2) is 65.3 Å². The maximum atomic E-state index is 13.2. The van der Waals surface area contributed by atoms with E-state index in [1.54, 1.807) is 12.3 Å². The zero-order chi connectivity index (χ0) is 24.9. The number of nitrogens with one attached hydrogen (secondary N) is 1. The van der Waals surface area contributed by atoms with Crippen LogP contribution in [0.5, 0.6) is 5.75 Å². The molecule has 35 heavy (non-hydrogen) atoms. The van der Waals surface area contributed by atoms with Crippen molar-refractivity contribution in [3.63, 3.8) is 0 Å². The fourth-order valence-electron chi connectivity index (χ4n) is 4.53. The summed E-state index contributed by atoms with van der Waals surface area (Å²) in [5.41, 5.74) is 4.50. The molecule has 1 aliphatic rings. The summed E-state index contributed by atoms with van der Waals surface area (Å²) in [5, 5.41) is 2.88. The number of ether oxygens (including phenoxy) is 1. The summed E-state index contributed by atoms with van der Waals surface area (Å²) in [7, 11) is 0. The van der Waals surface area contributed by atoms with Gasteiger partial charge in [0.05, 0.1) is 18.8 Å². The van der Waals surface area contributed by atoms with E-state index >= 15 is 0 Å². The van der Waals surface area contributed by atoms with E-state index in [1.807, 2.05) is 43.9 Å². The van der Waals surface area contributed by atoms with Crippen LogP contribution < -0.4 is 10.1 Å². The predicted octanol–water partition coefficient (Wildman–Crippen LogP) is 5.19. The molecule has 4 rings (SSSR count). The lowest BCUT2D eigenvalue weighted by Gasteiger charge is -2.39. The molecule has 2 heterocycles. The molecule has 2 amide bonds. The van der Waals surface area contributed by atoms with E-state index < -0.39 is 6.10 Å². The lowest BCUT2D eigenvalue weighted by molar-refractivity contribution is -0.136. The average molecular weight is 475 g/mol. The molecule has 0 unspecified atom stereocenters. The zero-order valence-electron chi connectivity index (χ0n) is 20.9. The van der Waals surface area contributed by atoms with Gasteiger partial charge < -0.3 is 19.4 Å². The molecule has 1 aromatic heterocycles. The van der Waals surface area contributed by atoms with E-state index in [1.165, 1.54) is 11.1 Å². The maximum Gasteiger partial charge on any atom is 0.261 e. The molecule has 0 radical (unpaired) electrons. The van der Waals surface area contributed by atoms with Gasteiger partial charge in [0.2, 0.25) is 5.91 Å². The smallest absolute Gasteiger partial charge is 0.261 e. The van der Waals surface area contributed by atoms with Gasteiger partial charge in [-0.3, -0.25) is 9.59 Å². The second-order valence-corrected chi connectivity index (χ2v) is 9.42. The molecule has 3 aromatic rings. The highest BCUT2D eigenvalue weighted by Crippen LogP contribution is 2.38. The van der Waals surface area contributed by atoms with E-state index in [0.29, 0.717) is 31.0 Å². The Balaban J connectivity index is 1.60. The summed E-state index contributed by atoms with van der Waals surface area (Å²) in [6.45, 7) is 8.86. The van der Waals surface area contributed by atoms with Gasteiger partial charge in [-0.15, -0.1) is 0 Å². The van der Waals surface area contributed by atoms with Gasteiger partial charge in [-0.2, -0.15) is 0 Å². The molecular weight excluding hydrogens is 440 g/mol. The van der Waals surface area contributed by atoms with E-state index in [4.69, 9.17) is 9.15 Å². The van der Waals surface area contributed by atoms with Crippen molar-refractivity contribution in [2.24, 2.45) is 5.92 Å². The Labute approximate surface area is 207 Å². The van der Waals surface area contributed by atoms with Crippen LogP contribution in [-0.2, 0) is 22.6 Å². The number of nitrogens with zero attached hydrogens (tertiary/aromatic N) is 1. The number of amides is 2.